The van der Waals surface area contributed by atoms with Crippen molar-refractivity contribution in [1.82, 2.24) is 0 Å². The Morgan fingerprint density at radius 2 is 0.962 bits per heavy atom. The second-order valence-corrected chi connectivity index (χ2v) is 9.28. The third-order valence-electron chi connectivity index (χ3n) is 6.06. The number of fused-ring (bicyclic) bond motifs is 2. The molecule has 6 atom stereocenters. The predicted octanol–water partition coefficient (Wildman–Crippen LogP) is 5.23. The van der Waals surface area contributed by atoms with Gasteiger partial charge < -0.3 is 0 Å². The lowest BCUT2D eigenvalue weighted by atomic mass is 9.97. The van der Waals surface area contributed by atoms with Crippen molar-refractivity contribution < 1.29 is 9.59 Å². The highest BCUT2D eigenvalue weighted by Crippen LogP contribution is 2.78. The molecule has 3 saturated carbocycles. The van der Waals surface area contributed by atoms with E-state index < -0.39 is 33.4 Å². The predicted molar refractivity (Wildman–Crippen MR) is 103 cm³/mol. The van der Waals surface area contributed by atoms with Crippen LogP contribution in [0, 0.1) is 11.8 Å². The fourth-order valence-electron chi connectivity index (χ4n) is 4.76. The smallest absolute Gasteiger partial charge is 0.161 e. The molecule has 0 aromatic heterocycles. The Balaban J connectivity index is 1.57. The van der Waals surface area contributed by atoms with Gasteiger partial charge in [-0.25, -0.2) is 0 Å². The lowest BCUT2D eigenvalue weighted by molar-refractivity contribution is -0.129. The molecule has 6 heteroatoms. The Bertz CT molecular complexity index is 910. The number of carbonyl (C=O) groups is 2. The van der Waals surface area contributed by atoms with Gasteiger partial charge in [-0.05, 0) is 23.3 Å². The molecule has 0 aliphatic heterocycles. The van der Waals surface area contributed by atoms with Crippen LogP contribution in [0.25, 0.3) is 0 Å². The third-order valence-corrected chi connectivity index (χ3v) is 8.06. The maximum atomic E-state index is 13.2. The van der Waals surface area contributed by atoms with Crippen LogP contribution >= 0.6 is 46.4 Å². The summed E-state index contributed by atoms with van der Waals surface area (Å²) in [5.41, 5.74) is 1.46. The quantitative estimate of drug-likeness (QED) is 0.617. The van der Waals surface area contributed by atoms with Crippen LogP contribution in [0.15, 0.2) is 48.5 Å². The molecule has 3 fully saturated rings. The van der Waals surface area contributed by atoms with Crippen LogP contribution in [0.4, 0.5) is 0 Å². The molecular formula is C20H12Cl4O2. The van der Waals surface area contributed by atoms with Crippen LogP contribution in [0.1, 0.15) is 23.0 Å². The molecule has 5 rings (SSSR count). The molecular weight excluding hydrogens is 414 g/mol. The zero-order chi connectivity index (χ0) is 18.4. The van der Waals surface area contributed by atoms with Crippen LogP contribution < -0.4 is 0 Å². The van der Waals surface area contributed by atoms with Crippen molar-refractivity contribution in [2.45, 2.75) is 21.6 Å². The van der Waals surface area contributed by atoms with Crippen LogP contribution in [0.3, 0.4) is 0 Å². The molecule has 3 aliphatic carbocycles. The molecule has 0 heterocycles. The third kappa shape index (κ3) is 1.87. The summed E-state index contributed by atoms with van der Waals surface area (Å²) in [7, 11) is 0. The van der Waals surface area contributed by atoms with E-state index >= 15 is 0 Å². The summed E-state index contributed by atoms with van der Waals surface area (Å²) in [4.78, 5) is 23.9. The Morgan fingerprint density at radius 3 is 1.31 bits per heavy atom. The minimum Gasteiger partial charge on any atom is -0.297 e. The molecule has 2 aromatic rings. The molecule has 132 valence electrons. The summed E-state index contributed by atoms with van der Waals surface area (Å²) in [5.74, 6) is -2.47. The number of halogens is 4. The number of hydrogen-bond acceptors (Lipinski definition) is 2. The van der Waals surface area contributed by atoms with E-state index in [2.05, 4.69) is 0 Å². The number of Topliss-reactive ketones (excluding diaryl/α,β-unsaturated/α-hetero) is 2. The van der Waals surface area contributed by atoms with E-state index in [1.54, 1.807) is 24.3 Å². The summed E-state index contributed by atoms with van der Waals surface area (Å²) in [6, 6.07) is 14.4. The maximum Gasteiger partial charge on any atom is 0.161 e. The van der Waals surface area contributed by atoms with Crippen molar-refractivity contribution in [2.75, 3.05) is 0 Å². The SMILES string of the molecule is O=C1[C@@H]2[C@@H](c3ccccc3Cl)[C@]2(Cl)C(=O)[C@H]2[C@H](c3ccccc3Cl)[C@@]12Cl. The van der Waals surface area contributed by atoms with Gasteiger partial charge in [0.1, 0.15) is 9.75 Å². The number of ketones is 2. The molecule has 0 amide bonds. The minimum atomic E-state index is -1.25. The van der Waals surface area contributed by atoms with E-state index in [-0.39, 0.29) is 11.6 Å². The van der Waals surface area contributed by atoms with Crippen LogP contribution in [-0.2, 0) is 9.59 Å². The molecule has 0 bridgehead atoms. The van der Waals surface area contributed by atoms with E-state index in [1.165, 1.54) is 0 Å². The highest BCUT2D eigenvalue weighted by atomic mass is 35.5. The fraction of sp³-hybridized carbons (Fsp3) is 0.300. The van der Waals surface area contributed by atoms with Gasteiger partial charge in [-0.15, -0.1) is 23.2 Å². The lowest BCUT2D eigenvalue weighted by Gasteiger charge is -2.16. The van der Waals surface area contributed by atoms with Gasteiger partial charge in [0.2, 0.25) is 0 Å². The fourth-order valence-corrected chi connectivity index (χ4v) is 6.31. The Labute approximate surface area is 170 Å². The zero-order valence-electron chi connectivity index (χ0n) is 13.3. The van der Waals surface area contributed by atoms with Gasteiger partial charge in [0, 0.05) is 21.9 Å². The summed E-state index contributed by atoms with van der Waals surface area (Å²) in [5, 5.41) is 1.01. The normalized spacial score (nSPS) is 40.0. The summed E-state index contributed by atoms with van der Waals surface area (Å²) in [6.07, 6.45) is 0. The number of alkyl halides is 2. The van der Waals surface area contributed by atoms with E-state index in [9.17, 15) is 9.59 Å². The number of hydrogen-bond donors (Lipinski definition) is 0. The Morgan fingerprint density at radius 1 is 0.615 bits per heavy atom. The van der Waals surface area contributed by atoms with Crippen LogP contribution in [0.2, 0.25) is 10.0 Å². The van der Waals surface area contributed by atoms with Crippen molar-refractivity contribution >= 4 is 58.0 Å². The summed E-state index contributed by atoms with van der Waals surface area (Å²) >= 11 is 26.0. The molecule has 0 radical (unpaired) electrons. The molecule has 3 aliphatic rings. The van der Waals surface area contributed by atoms with Crippen molar-refractivity contribution in [2.24, 2.45) is 11.8 Å². The maximum absolute atomic E-state index is 13.2. The van der Waals surface area contributed by atoms with Gasteiger partial charge >= 0.3 is 0 Å². The highest BCUT2D eigenvalue weighted by molar-refractivity contribution is 6.52. The van der Waals surface area contributed by atoms with Crippen molar-refractivity contribution in [3.63, 3.8) is 0 Å². The van der Waals surface area contributed by atoms with Gasteiger partial charge in [0.15, 0.2) is 11.6 Å². The molecule has 0 unspecified atom stereocenters. The second-order valence-electron chi connectivity index (χ2n) is 7.22. The van der Waals surface area contributed by atoms with E-state index in [1.807, 2.05) is 24.3 Å². The first-order chi connectivity index (χ1) is 12.3. The van der Waals surface area contributed by atoms with Crippen LogP contribution in [0.5, 0.6) is 0 Å². The van der Waals surface area contributed by atoms with Gasteiger partial charge in [-0.2, -0.15) is 0 Å². The average Bonchev–Trinajstić information content (AvgIpc) is 3.46. The standard InChI is InChI=1S/C20H12Cl4O2/c21-11-7-3-1-5-9(11)13-15-17(25)20(24)14(10-6-2-4-8-12(10)22)16(20)18(26)19(13,15)23/h1-8,13-16H/t13-,14+,15+,16-,19-,20+. The van der Waals surface area contributed by atoms with Crippen LogP contribution in [-0.4, -0.2) is 21.3 Å². The number of carbonyl (C=O) groups excluding carboxylic acids is 2. The zero-order valence-corrected chi connectivity index (χ0v) is 16.3. The van der Waals surface area contributed by atoms with E-state index in [4.69, 9.17) is 46.4 Å². The number of rotatable bonds is 2. The van der Waals surface area contributed by atoms with Gasteiger partial charge in [-0.3, -0.25) is 9.59 Å². The molecule has 0 spiro atoms. The molecule has 2 aromatic carbocycles. The molecule has 2 nitrogen and oxygen atoms in total. The lowest BCUT2D eigenvalue weighted by Crippen LogP contribution is -2.37. The minimum absolute atomic E-state index is 0.173. The van der Waals surface area contributed by atoms with E-state index in [0.29, 0.717) is 10.0 Å². The first-order valence-electron chi connectivity index (χ1n) is 8.29. The monoisotopic (exact) mass is 424 g/mol. The topological polar surface area (TPSA) is 34.1 Å². The summed E-state index contributed by atoms with van der Waals surface area (Å²) in [6.45, 7) is 0. The highest BCUT2D eigenvalue weighted by Gasteiger charge is 2.88. The first kappa shape index (κ1) is 17.1. The Kier molecular flexibility index (Phi) is 3.45. The molecule has 26 heavy (non-hydrogen) atoms. The molecule has 0 saturated heterocycles. The van der Waals surface area contributed by atoms with Gasteiger partial charge in [0.05, 0.1) is 11.8 Å². The van der Waals surface area contributed by atoms with Gasteiger partial charge in [0.25, 0.3) is 0 Å². The Hall–Kier alpha value is -1.06. The largest absolute Gasteiger partial charge is 0.297 e. The summed E-state index contributed by atoms with van der Waals surface area (Å²) < 4.78 is 0. The average molecular weight is 426 g/mol. The van der Waals surface area contributed by atoms with E-state index in [0.717, 1.165) is 11.1 Å². The first-order valence-corrected chi connectivity index (χ1v) is 9.81. The number of benzene rings is 2. The second kappa shape index (κ2) is 5.26. The van der Waals surface area contributed by atoms with Crippen molar-refractivity contribution in [1.29, 1.82) is 0 Å². The van der Waals surface area contributed by atoms with Gasteiger partial charge in [-0.1, -0.05) is 59.6 Å². The molecule has 0 N–H and O–H groups in total. The van der Waals surface area contributed by atoms with Crippen molar-refractivity contribution in [3.8, 4) is 0 Å². The van der Waals surface area contributed by atoms with Crippen molar-refractivity contribution in [3.05, 3.63) is 69.7 Å².